The smallest absolute Gasteiger partial charge is 0.652 e. The Hall–Kier alpha value is 0.963. The number of phenols is 1. The number of non-ortho nitro benzene ring substituents is 1. The van der Waals surface area contributed by atoms with E-state index in [2.05, 4.69) is 0 Å². The zero-order valence-corrected chi connectivity index (χ0v) is 15.0. The van der Waals surface area contributed by atoms with Gasteiger partial charge in [-0.05, 0) is 12.2 Å². The van der Waals surface area contributed by atoms with Crippen molar-refractivity contribution in [3.63, 3.8) is 0 Å². The summed E-state index contributed by atoms with van der Waals surface area (Å²) in [5.74, 6) is -0.0887. The van der Waals surface area contributed by atoms with Crippen LogP contribution in [-0.4, -0.2) is 16.2 Å². The third kappa shape index (κ3) is 13.0. The van der Waals surface area contributed by atoms with Crippen molar-refractivity contribution in [1.29, 1.82) is 0 Å². The Labute approximate surface area is 176 Å². The molecule has 0 bridgehead atoms. The molecule has 0 aliphatic carbocycles. The molecule has 0 aliphatic heterocycles. The van der Waals surface area contributed by atoms with Gasteiger partial charge in [-0.2, -0.15) is 0 Å². The van der Waals surface area contributed by atoms with Crippen molar-refractivity contribution in [2.24, 2.45) is 0 Å². The van der Waals surface area contributed by atoms with E-state index in [-0.39, 0.29) is 114 Å². The number of carboxylic acid groups (broad SMARTS) is 2. The van der Waals surface area contributed by atoms with Crippen molar-refractivity contribution >= 4 is 11.8 Å². The first-order chi connectivity index (χ1) is 6.43. The molecule has 0 fully saturated rings. The Kier molecular flexibility index (Phi) is 17.2. The van der Waals surface area contributed by atoms with E-state index in [9.17, 15) is 10.1 Å². The van der Waals surface area contributed by atoms with Crippen LogP contribution in [0.15, 0.2) is 24.3 Å². The van der Waals surface area contributed by atoms with Gasteiger partial charge in [-0.3, -0.25) is 10.1 Å². The van der Waals surface area contributed by atoms with Gasteiger partial charge in [-0.1, -0.05) is 6.07 Å². The fourth-order valence-corrected chi connectivity index (χ4v) is 0.607. The number of nitro benzene ring substituents is 1. The van der Waals surface area contributed by atoms with Crippen LogP contribution in [-0.2, 0) is 0 Å². The fraction of sp³-hybridized carbons (Fsp3) is 0. The number of hydrogen-bond donors (Lipinski definition) is 1. The van der Waals surface area contributed by atoms with Crippen LogP contribution in [0.25, 0.3) is 0 Å². The van der Waals surface area contributed by atoms with Crippen molar-refractivity contribution in [3.05, 3.63) is 34.4 Å². The van der Waals surface area contributed by atoms with E-state index in [1.54, 1.807) is 0 Å². The van der Waals surface area contributed by atoms with Gasteiger partial charge in [0.2, 0.25) is 0 Å². The van der Waals surface area contributed by atoms with Gasteiger partial charge in [-0.15, -0.1) is 0 Å². The number of hydrogen-bond acceptors (Lipinski definition) is 6. The summed E-state index contributed by atoms with van der Waals surface area (Å²) in [7, 11) is 0. The number of nitrogens with zero attached hydrogens (tertiary/aromatic N) is 1. The monoisotopic (exact) mass is 277 g/mol. The second-order valence-electron chi connectivity index (χ2n) is 2.03. The Morgan fingerprint density at radius 3 is 1.94 bits per heavy atom. The van der Waals surface area contributed by atoms with Gasteiger partial charge in [0.25, 0.3) is 5.69 Å². The van der Waals surface area contributed by atoms with Crippen molar-refractivity contribution < 1.29 is 128 Å². The van der Waals surface area contributed by atoms with E-state index in [1.807, 2.05) is 0 Å². The molecule has 0 radical (unpaired) electrons. The summed E-state index contributed by atoms with van der Waals surface area (Å²) in [6.07, 6.45) is -2.33. The molecule has 0 saturated heterocycles. The van der Waals surface area contributed by atoms with Crippen molar-refractivity contribution in [1.82, 2.24) is 0 Å². The van der Waals surface area contributed by atoms with E-state index in [0.717, 1.165) is 6.07 Å². The van der Waals surface area contributed by atoms with Crippen LogP contribution in [0.5, 0.6) is 5.75 Å². The zero-order valence-electron chi connectivity index (χ0n) is 8.75. The maximum absolute atomic E-state index is 10.0. The molecule has 16 heavy (non-hydrogen) atoms. The number of benzene rings is 1. The molecule has 7 nitrogen and oxygen atoms in total. The topological polar surface area (TPSA) is 127 Å². The molecule has 0 spiro atoms. The average molecular weight is 277 g/mol. The van der Waals surface area contributed by atoms with Crippen LogP contribution in [0.2, 0.25) is 0 Å². The summed E-state index contributed by atoms with van der Waals surface area (Å²) in [6, 6.07) is 5.22. The number of nitro groups is 1. The number of rotatable bonds is 1. The summed E-state index contributed by atoms with van der Waals surface area (Å²) in [6.45, 7) is 0. The molecule has 1 rings (SSSR count). The summed E-state index contributed by atoms with van der Waals surface area (Å²) < 4.78 is 0. The molecule has 1 aromatic carbocycles. The minimum Gasteiger partial charge on any atom is -0.652 e. The van der Waals surface area contributed by atoms with Gasteiger partial charge in [0.1, 0.15) is 5.75 Å². The summed E-state index contributed by atoms with van der Waals surface area (Å²) in [5.41, 5.74) is -0.0972. The summed E-state index contributed by atoms with van der Waals surface area (Å²) in [4.78, 5) is 17.8. The predicted octanol–water partition coefficient (Wildman–Crippen LogP) is -7.14. The molecule has 76 valence electrons. The molecule has 1 aromatic rings. The standard InChI is InChI=1S/C6H5NO3.CH2O3.2K/c8-6-3-1-2-5(4-6)7(9)10;2-1(3)4;;/h1-4,8H;(H2,2,3,4);;/q;;2*+1/p-2. The van der Waals surface area contributed by atoms with Crippen LogP contribution in [0.3, 0.4) is 0 Å². The quantitative estimate of drug-likeness (QED) is 0.309. The third-order valence-electron chi connectivity index (χ3n) is 1.04. The zero-order chi connectivity index (χ0) is 11.1. The molecule has 0 atom stereocenters. The molecule has 0 aromatic heterocycles. The van der Waals surface area contributed by atoms with Crippen molar-refractivity contribution in [3.8, 4) is 5.75 Å². The first kappa shape index (κ1) is 22.2. The molecule has 1 N–H and O–H groups in total. The first-order valence-electron chi connectivity index (χ1n) is 3.25. The minimum absolute atomic E-state index is 0. The van der Waals surface area contributed by atoms with Gasteiger partial charge >= 0.3 is 103 Å². The van der Waals surface area contributed by atoms with Crippen LogP contribution in [0.1, 0.15) is 0 Å². The molecular weight excluding hydrogens is 272 g/mol. The Balaban J connectivity index is -0.000000249. The summed E-state index contributed by atoms with van der Waals surface area (Å²) >= 11 is 0. The van der Waals surface area contributed by atoms with E-state index >= 15 is 0 Å². The molecule has 9 heteroatoms. The van der Waals surface area contributed by atoms with Gasteiger partial charge in [-0.25, -0.2) is 0 Å². The maximum Gasteiger partial charge on any atom is 1.00 e. The minimum atomic E-state index is -2.33. The van der Waals surface area contributed by atoms with Crippen molar-refractivity contribution in [2.75, 3.05) is 0 Å². The second-order valence-corrected chi connectivity index (χ2v) is 2.03. The molecule has 0 aliphatic rings. The number of carbonyl (C=O) groups is 1. The van der Waals surface area contributed by atoms with Crippen LogP contribution in [0.4, 0.5) is 10.5 Å². The normalized spacial score (nSPS) is 7.25. The SMILES string of the molecule is O=C([O-])[O-].O=[N+]([O-])c1cccc(O)c1.[K+].[K+]. The van der Waals surface area contributed by atoms with E-state index < -0.39 is 11.1 Å². The molecular formula is C7H5K2NO6. The van der Waals surface area contributed by atoms with Crippen LogP contribution >= 0.6 is 0 Å². The van der Waals surface area contributed by atoms with Gasteiger partial charge in [0, 0.05) is 6.07 Å². The van der Waals surface area contributed by atoms with Crippen LogP contribution < -0.4 is 113 Å². The largest absolute Gasteiger partial charge is 1.00 e. The van der Waals surface area contributed by atoms with E-state index in [4.69, 9.17) is 20.1 Å². The van der Waals surface area contributed by atoms with Gasteiger partial charge < -0.3 is 20.1 Å². The number of carbonyl (C=O) groups excluding carboxylic acids is 1. The Morgan fingerprint density at radius 1 is 1.25 bits per heavy atom. The molecule has 0 saturated carbocycles. The predicted molar refractivity (Wildman–Crippen MR) is 40.2 cm³/mol. The first-order valence-corrected chi connectivity index (χ1v) is 3.25. The van der Waals surface area contributed by atoms with Crippen LogP contribution in [0, 0.1) is 10.1 Å². The average Bonchev–Trinajstić information content (AvgIpc) is 2.03. The molecule has 0 unspecified atom stereocenters. The molecule has 0 heterocycles. The maximum atomic E-state index is 10.0. The van der Waals surface area contributed by atoms with Gasteiger partial charge in [0.15, 0.2) is 0 Å². The van der Waals surface area contributed by atoms with E-state index in [0.29, 0.717) is 0 Å². The Bertz CT molecular complexity index is 341. The fourth-order valence-electron chi connectivity index (χ4n) is 0.607. The second kappa shape index (κ2) is 12.4. The summed E-state index contributed by atoms with van der Waals surface area (Å²) in [5, 5.41) is 35.5. The van der Waals surface area contributed by atoms with Gasteiger partial charge in [0.05, 0.1) is 11.0 Å². The third-order valence-corrected chi connectivity index (χ3v) is 1.04. The van der Waals surface area contributed by atoms with E-state index in [1.165, 1.54) is 18.2 Å². The molecule has 0 amide bonds. The number of aromatic hydroxyl groups is 1. The van der Waals surface area contributed by atoms with Crippen molar-refractivity contribution in [2.45, 2.75) is 0 Å². The Morgan fingerprint density at radius 2 is 1.69 bits per heavy atom. The number of phenolic OH excluding ortho intramolecular Hbond substituents is 1.